The van der Waals surface area contributed by atoms with E-state index >= 15 is 0 Å². The summed E-state index contributed by atoms with van der Waals surface area (Å²) in [5, 5.41) is 5.68. The smallest absolute Gasteiger partial charge is 0.229 e. The van der Waals surface area contributed by atoms with E-state index in [9.17, 15) is 13.2 Å². The fourth-order valence-corrected chi connectivity index (χ4v) is 2.43. The van der Waals surface area contributed by atoms with Crippen molar-refractivity contribution in [2.45, 2.75) is 26.2 Å². The first-order chi connectivity index (χ1) is 12.7. The van der Waals surface area contributed by atoms with Crippen molar-refractivity contribution in [1.82, 2.24) is 9.97 Å². The van der Waals surface area contributed by atoms with E-state index in [1.54, 1.807) is 6.07 Å². The van der Waals surface area contributed by atoms with Gasteiger partial charge in [-0.25, -0.2) is 18.2 Å². The number of hydrogen-bond donors (Lipinski definition) is 2. The molecule has 0 amide bonds. The highest BCUT2D eigenvalue weighted by Gasteiger charge is 2.15. The zero-order valence-electron chi connectivity index (χ0n) is 15.1. The van der Waals surface area contributed by atoms with Crippen LogP contribution < -0.4 is 10.6 Å². The SMILES string of the molecule is CC(C)(C)c1ccc(Nc2ccnc(Nc3ccc(F)c(F)c3F)n2)cc1. The monoisotopic (exact) mass is 372 g/mol. The molecule has 0 saturated heterocycles. The highest BCUT2D eigenvalue weighted by Crippen LogP contribution is 2.25. The maximum atomic E-state index is 13.8. The summed E-state index contributed by atoms with van der Waals surface area (Å²) in [4.78, 5) is 8.18. The number of rotatable bonds is 4. The van der Waals surface area contributed by atoms with Gasteiger partial charge in [-0.3, -0.25) is 0 Å². The summed E-state index contributed by atoms with van der Waals surface area (Å²) in [5.74, 6) is -3.61. The minimum atomic E-state index is -1.55. The van der Waals surface area contributed by atoms with Crippen molar-refractivity contribution in [2.75, 3.05) is 10.6 Å². The lowest BCUT2D eigenvalue weighted by Gasteiger charge is -2.19. The molecule has 3 rings (SSSR count). The van der Waals surface area contributed by atoms with E-state index in [0.29, 0.717) is 5.82 Å². The van der Waals surface area contributed by atoms with Crippen LogP contribution in [0.5, 0.6) is 0 Å². The summed E-state index contributed by atoms with van der Waals surface area (Å²) in [6, 6.07) is 11.5. The van der Waals surface area contributed by atoms with Crippen LogP contribution in [-0.2, 0) is 5.41 Å². The van der Waals surface area contributed by atoms with Gasteiger partial charge < -0.3 is 10.6 Å². The Balaban J connectivity index is 1.77. The fraction of sp³-hybridized carbons (Fsp3) is 0.200. The van der Waals surface area contributed by atoms with Crippen LogP contribution >= 0.6 is 0 Å². The van der Waals surface area contributed by atoms with Crippen molar-refractivity contribution in [3.63, 3.8) is 0 Å². The zero-order chi connectivity index (χ0) is 19.6. The van der Waals surface area contributed by atoms with E-state index < -0.39 is 17.5 Å². The van der Waals surface area contributed by atoms with Gasteiger partial charge in [0.25, 0.3) is 0 Å². The summed E-state index contributed by atoms with van der Waals surface area (Å²) < 4.78 is 40.1. The summed E-state index contributed by atoms with van der Waals surface area (Å²) in [7, 11) is 0. The van der Waals surface area contributed by atoms with Gasteiger partial charge in [0.05, 0.1) is 5.69 Å². The third kappa shape index (κ3) is 4.36. The van der Waals surface area contributed by atoms with Crippen molar-refractivity contribution in [2.24, 2.45) is 0 Å². The molecule has 0 aliphatic heterocycles. The van der Waals surface area contributed by atoms with Gasteiger partial charge in [-0.1, -0.05) is 32.9 Å². The number of halogens is 3. The molecule has 2 N–H and O–H groups in total. The first-order valence-electron chi connectivity index (χ1n) is 8.35. The Morgan fingerprint density at radius 2 is 1.52 bits per heavy atom. The molecule has 0 radical (unpaired) electrons. The minimum Gasteiger partial charge on any atom is -0.340 e. The van der Waals surface area contributed by atoms with Crippen LogP contribution in [0.2, 0.25) is 0 Å². The van der Waals surface area contributed by atoms with Gasteiger partial charge in [0.1, 0.15) is 5.82 Å². The van der Waals surface area contributed by atoms with Gasteiger partial charge >= 0.3 is 0 Å². The van der Waals surface area contributed by atoms with Crippen LogP contribution in [0.25, 0.3) is 0 Å². The molecule has 0 saturated carbocycles. The van der Waals surface area contributed by atoms with E-state index in [1.165, 1.54) is 11.8 Å². The van der Waals surface area contributed by atoms with E-state index in [2.05, 4.69) is 41.4 Å². The number of anilines is 4. The molecule has 0 aliphatic carbocycles. The Morgan fingerprint density at radius 3 is 2.19 bits per heavy atom. The third-order valence-electron chi connectivity index (χ3n) is 3.96. The Morgan fingerprint density at radius 1 is 0.815 bits per heavy atom. The lowest BCUT2D eigenvalue weighted by atomic mass is 9.87. The molecule has 0 fully saturated rings. The molecule has 140 valence electrons. The highest BCUT2D eigenvalue weighted by atomic mass is 19.2. The van der Waals surface area contributed by atoms with Crippen LogP contribution in [0.4, 0.5) is 36.3 Å². The molecule has 0 bridgehead atoms. The Kier molecular flexibility index (Phi) is 5.03. The predicted molar refractivity (Wildman–Crippen MR) is 100 cm³/mol. The lowest BCUT2D eigenvalue weighted by Crippen LogP contribution is -2.10. The van der Waals surface area contributed by atoms with Crippen LogP contribution in [-0.4, -0.2) is 9.97 Å². The first kappa shape index (κ1) is 18.7. The van der Waals surface area contributed by atoms with Gasteiger partial charge in [0.15, 0.2) is 17.5 Å². The largest absolute Gasteiger partial charge is 0.340 e. The summed E-state index contributed by atoms with van der Waals surface area (Å²) in [6.45, 7) is 6.40. The molecule has 0 spiro atoms. The molecule has 4 nitrogen and oxygen atoms in total. The number of nitrogens with one attached hydrogen (secondary N) is 2. The summed E-state index contributed by atoms with van der Waals surface area (Å²) in [6.07, 6.45) is 1.47. The quantitative estimate of drug-likeness (QED) is 0.579. The maximum absolute atomic E-state index is 13.8. The Hall–Kier alpha value is -3.09. The summed E-state index contributed by atoms with van der Waals surface area (Å²) in [5.41, 5.74) is 1.83. The molecule has 1 heterocycles. The number of benzene rings is 2. The number of nitrogens with zero attached hydrogens (tertiary/aromatic N) is 2. The zero-order valence-corrected chi connectivity index (χ0v) is 15.1. The molecule has 1 aromatic heterocycles. The molecule has 0 unspecified atom stereocenters. The average molecular weight is 372 g/mol. The lowest BCUT2D eigenvalue weighted by molar-refractivity contribution is 0.449. The topological polar surface area (TPSA) is 49.8 Å². The normalized spacial score (nSPS) is 11.3. The van der Waals surface area contributed by atoms with Gasteiger partial charge in [-0.15, -0.1) is 0 Å². The van der Waals surface area contributed by atoms with E-state index in [4.69, 9.17) is 0 Å². The molecule has 27 heavy (non-hydrogen) atoms. The van der Waals surface area contributed by atoms with E-state index in [1.807, 2.05) is 24.3 Å². The molecular weight excluding hydrogens is 353 g/mol. The average Bonchev–Trinajstić information content (AvgIpc) is 2.62. The van der Waals surface area contributed by atoms with Crippen LogP contribution in [0, 0.1) is 17.5 Å². The van der Waals surface area contributed by atoms with Crippen LogP contribution in [0.3, 0.4) is 0 Å². The standard InChI is InChI=1S/C20H19F3N4/c1-20(2,3)12-4-6-13(7-5-12)25-16-10-11-24-19(27-16)26-15-9-8-14(21)17(22)18(15)23/h4-11H,1-3H3,(H2,24,25,26,27). The highest BCUT2D eigenvalue weighted by molar-refractivity contribution is 5.60. The molecule has 7 heteroatoms. The molecule has 3 aromatic rings. The third-order valence-corrected chi connectivity index (χ3v) is 3.96. The second-order valence-electron chi connectivity index (χ2n) is 7.07. The first-order valence-corrected chi connectivity index (χ1v) is 8.35. The number of hydrogen-bond acceptors (Lipinski definition) is 4. The second-order valence-corrected chi connectivity index (χ2v) is 7.07. The molecule has 0 aliphatic rings. The Bertz CT molecular complexity index is 950. The summed E-state index contributed by atoms with van der Waals surface area (Å²) >= 11 is 0. The molecular formula is C20H19F3N4. The van der Waals surface area contributed by atoms with Crippen molar-refractivity contribution in [1.29, 1.82) is 0 Å². The van der Waals surface area contributed by atoms with Crippen molar-refractivity contribution in [3.8, 4) is 0 Å². The van der Waals surface area contributed by atoms with Crippen LogP contribution in [0.1, 0.15) is 26.3 Å². The van der Waals surface area contributed by atoms with Crippen LogP contribution in [0.15, 0.2) is 48.7 Å². The Labute approximate surface area is 155 Å². The molecule has 0 atom stereocenters. The fourth-order valence-electron chi connectivity index (χ4n) is 2.43. The van der Waals surface area contributed by atoms with Crippen molar-refractivity contribution in [3.05, 3.63) is 71.7 Å². The maximum Gasteiger partial charge on any atom is 0.229 e. The van der Waals surface area contributed by atoms with Gasteiger partial charge in [0, 0.05) is 11.9 Å². The predicted octanol–water partition coefficient (Wildman–Crippen LogP) is 5.68. The second kappa shape index (κ2) is 7.26. The molecule has 2 aromatic carbocycles. The van der Waals surface area contributed by atoms with Gasteiger partial charge in [-0.2, -0.15) is 4.98 Å². The van der Waals surface area contributed by atoms with Crippen molar-refractivity contribution < 1.29 is 13.2 Å². The minimum absolute atomic E-state index is 0.0521. The van der Waals surface area contributed by atoms with Gasteiger partial charge in [0.2, 0.25) is 5.95 Å². The van der Waals surface area contributed by atoms with E-state index in [0.717, 1.165) is 17.8 Å². The van der Waals surface area contributed by atoms with Gasteiger partial charge in [-0.05, 0) is 41.3 Å². The van der Waals surface area contributed by atoms with Crippen molar-refractivity contribution >= 4 is 23.1 Å². The number of aromatic nitrogens is 2. The van der Waals surface area contributed by atoms with E-state index in [-0.39, 0.29) is 17.1 Å².